The average Bonchev–Trinajstić information content (AvgIpc) is 2.76. The molecule has 0 spiro atoms. The number of nitrogens with one attached hydrogen (secondary N) is 1. The third kappa shape index (κ3) is 5.44. The van der Waals surface area contributed by atoms with Crippen molar-refractivity contribution < 1.29 is 38.0 Å². The standard InChI is InChI=1S/C20H23NO8/c1-24-12-6-13(25-2)8-14(7-12)29-11-19(22)21-16-10-18(27-4)17(26-3)9-15(16)20(23)28-5/h6-10H,11H2,1-5H3,(H,21,22). The molecular formula is C20H23NO8. The van der Waals surface area contributed by atoms with Gasteiger partial charge < -0.3 is 33.7 Å². The zero-order valence-electron chi connectivity index (χ0n) is 16.9. The van der Waals surface area contributed by atoms with Crippen molar-refractivity contribution in [2.45, 2.75) is 0 Å². The molecule has 0 fully saturated rings. The van der Waals surface area contributed by atoms with Crippen LogP contribution in [-0.2, 0) is 9.53 Å². The second kappa shape index (κ2) is 10.1. The van der Waals surface area contributed by atoms with Crippen LogP contribution in [-0.4, -0.2) is 54.0 Å². The van der Waals surface area contributed by atoms with Crippen LogP contribution in [0.25, 0.3) is 0 Å². The molecule has 0 saturated heterocycles. The third-order valence-corrected chi connectivity index (χ3v) is 3.90. The second-order valence-corrected chi connectivity index (χ2v) is 5.63. The minimum atomic E-state index is -0.639. The molecular weight excluding hydrogens is 382 g/mol. The number of hydrogen-bond donors (Lipinski definition) is 1. The van der Waals surface area contributed by atoms with Gasteiger partial charge in [-0.1, -0.05) is 0 Å². The van der Waals surface area contributed by atoms with Crippen LogP contribution in [0, 0.1) is 0 Å². The van der Waals surface area contributed by atoms with E-state index >= 15 is 0 Å². The molecule has 0 radical (unpaired) electrons. The van der Waals surface area contributed by atoms with Crippen LogP contribution in [0.1, 0.15) is 10.4 Å². The lowest BCUT2D eigenvalue weighted by Crippen LogP contribution is -2.22. The van der Waals surface area contributed by atoms with Crippen molar-refractivity contribution in [3.63, 3.8) is 0 Å². The lowest BCUT2D eigenvalue weighted by Gasteiger charge is -2.15. The molecule has 2 aromatic carbocycles. The summed E-state index contributed by atoms with van der Waals surface area (Å²) in [5.41, 5.74) is 0.313. The Kier molecular flexibility index (Phi) is 7.53. The van der Waals surface area contributed by atoms with E-state index in [0.29, 0.717) is 28.7 Å². The average molecular weight is 405 g/mol. The zero-order chi connectivity index (χ0) is 21.4. The molecule has 0 aliphatic rings. The Morgan fingerprint density at radius 2 is 1.31 bits per heavy atom. The summed E-state index contributed by atoms with van der Waals surface area (Å²) in [6.07, 6.45) is 0. The summed E-state index contributed by atoms with van der Waals surface area (Å²) in [6.45, 7) is -0.314. The van der Waals surface area contributed by atoms with Crippen LogP contribution in [0.5, 0.6) is 28.7 Å². The van der Waals surface area contributed by atoms with E-state index in [1.54, 1.807) is 18.2 Å². The molecule has 0 heterocycles. The highest BCUT2D eigenvalue weighted by molar-refractivity contribution is 6.02. The molecule has 2 rings (SSSR count). The van der Waals surface area contributed by atoms with Gasteiger partial charge >= 0.3 is 5.97 Å². The SMILES string of the molecule is COC(=O)c1cc(OC)c(OC)cc1NC(=O)COc1cc(OC)cc(OC)c1. The van der Waals surface area contributed by atoms with Gasteiger partial charge in [-0.3, -0.25) is 4.79 Å². The summed E-state index contributed by atoms with van der Waals surface area (Å²) in [5.74, 6) is 0.959. The van der Waals surface area contributed by atoms with Crippen LogP contribution in [0.2, 0.25) is 0 Å². The third-order valence-electron chi connectivity index (χ3n) is 3.90. The highest BCUT2D eigenvalue weighted by atomic mass is 16.5. The van der Waals surface area contributed by atoms with Crippen LogP contribution in [0.3, 0.4) is 0 Å². The molecule has 156 valence electrons. The normalized spacial score (nSPS) is 9.97. The molecule has 9 heteroatoms. The van der Waals surface area contributed by atoms with Gasteiger partial charge in [0.05, 0.1) is 46.8 Å². The maximum Gasteiger partial charge on any atom is 0.340 e. The fourth-order valence-electron chi connectivity index (χ4n) is 2.46. The van der Waals surface area contributed by atoms with Gasteiger partial charge in [0.15, 0.2) is 18.1 Å². The van der Waals surface area contributed by atoms with E-state index in [0.717, 1.165) is 0 Å². The number of ether oxygens (including phenoxy) is 6. The van der Waals surface area contributed by atoms with E-state index in [2.05, 4.69) is 5.32 Å². The van der Waals surface area contributed by atoms with Crippen LogP contribution >= 0.6 is 0 Å². The first-order valence-corrected chi connectivity index (χ1v) is 8.45. The number of carbonyl (C=O) groups is 2. The van der Waals surface area contributed by atoms with Crippen LogP contribution < -0.4 is 29.0 Å². The summed E-state index contributed by atoms with van der Waals surface area (Å²) < 4.78 is 31.0. The van der Waals surface area contributed by atoms with E-state index in [1.807, 2.05) is 0 Å². The summed E-state index contributed by atoms with van der Waals surface area (Å²) in [7, 11) is 7.14. The minimum Gasteiger partial charge on any atom is -0.496 e. The fraction of sp³-hybridized carbons (Fsp3) is 0.300. The number of methoxy groups -OCH3 is 5. The molecule has 9 nitrogen and oxygen atoms in total. The largest absolute Gasteiger partial charge is 0.496 e. The number of rotatable bonds is 9. The van der Waals surface area contributed by atoms with E-state index in [9.17, 15) is 9.59 Å². The molecule has 1 N–H and O–H groups in total. The predicted molar refractivity (Wildman–Crippen MR) is 105 cm³/mol. The minimum absolute atomic E-state index is 0.113. The molecule has 0 saturated carbocycles. The lowest BCUT2D eigenvalue weighted by atomic mass is 10.1. The Balaban J connectivity index is 2.19. The number of benzene rings is 2. The number of amides is 1. The van der Waals surface area contributed by atoms with Gasteiger partial charge in [-0.15, -0.1) is 0 Å². The zero-order valence-corrected chi connectivity index (χ0v) is 16.9. The van der Waals surface area contributed by atoms with Crippen molar-refractivity contribution >= 4 is 17.6 Å². The highest BCUT2D eigenvalue weighted by Crippen LogP contribution is 2.34. The monoisotopic (exact) mass is 405 g/mol. The van der Waals surface area contributed by atoms with E-state index < -0.39 is 11.9 Å². The maximum atomic E-state index is 12.4. The molecule has 0 aliphatic carbocycles. The first-order valence-electron chi connectivity index (χ1n) is 8.45. The number of hydrogen-bond acceptors (Lipinski definition) is 8. The second-order valence-electron chi connectivity index (χ2n) is 5.63. The summed E-state index contributed by atoms with van der Waals surface area (Å²) in [5, 5.41) is 2.62. The Hall–Kier alpha value is -3.62. The van der Waals surface area contributed by atoms with E-state index in [-0.39, 0.29) is 17.9 Å². The topological polar surface area (TPSA) is 102 Å². The summed E-state index contributed by atoms with van der Waals surface area (Å²) in [6, 6.07) is 7.81. The Labute approximate surface area is 168 Å². The van der Waals surface area contributed by atoms with E-state index in [4.69, 9.17) is 28.4 Å². The Bertz CT molecular complexity index is 859. The molecule has 0 atom stereocenters. The summed E-state index contributed by atoms with van der Waals surface area (Å²) in [4.78, 5) is 24.5. The Morgan fingerprint density at radius 3 is 1.83 bits per heavy atom. The molecule has 0 unspecified atom stereocenters. The number of anilines is 1. The smallest absolute Gasteiger partial charge is 0.340 e. The van der Waals surface area contributed by atoms with Gasteiger partial charge in [0.1, 0.15) is 17.2 Å². The van der Waals surface area contributed by atoms with Crippen molar-refractivity contribution in [1.82, 2.24) is 0 Å². The van der Waals surface area contributed by atoms with Crippen LogP contribution in [0.15, 0.2) is 30.3 Å². The van der Waals surface area contributed by atoms with Crippen molar-refractivity contribution in [1.29, 1.82) is 0 Å². The summed E-state index contributed by atoms with van der Waals surface area (Å²) >= 11 is 0. The molecule has 0 bridgehead atoms. The van der Waals surface area contributed by atoms with Gasteiger partial charge in [0.25, 0.3) is 5.91 Å². The van der Waals surface area contributed by atoms with Gasteiger partial charge in [-0.2, -0.15) is 0 Å². The molecule has 0 aliphatic heterocycles. The predicted octanol–water partition coefficient (Wildman–Crippen LogP) is 2.53. The van der Waals surface area contributed by atoms with Gasteiger partial charge in [0, 0.05) is 30.3 Å². The first-order chi connectivity index (χ1) is 13.9. The first kappa shape index (κ1) is 21.7. The van der Waals surface area contributed by atoms with Gasteiger partial charge in [-0.05, 0) is 0 Å². The highest BCUT2D eigenvalue weighted by Gasteiger charge is 2.19. The molecule has 29 heavy (non-hydrogen) atoms. The lowest BCUT2D eigenvalue weighted by molar-refractivity contribution is -0.118. The Morgan fingerprint density at radius 1 is 0.759 bits per heavy atom. The van der Waals surface area contributed by atoms with E-state index in [1.165, 1.54) is 47.7 Å². The molecule has 2 aromatic rings. The number of carbonyl (C=O) groups excluding carboxylic acids is 2. The van der Waals surface area contributed by atoms with Crippen LogP contribution in [0.4, 0.5) is 5.69 Å². The quantitative estimate of drug-likeness (QED) is 0.635. The fourth-order valence-corrected chi connectivity index (χ4v) is 2.46. The number of esters is 1. The van der Waals surface area contributed by atoms with Crippen molar-refractivity contribution in [3.8, 4) is 28.7 Å². The van der Waals surface area contributed by atoms with Crippen molar-refractivity contribution in [2.24, 2.45) is 0 Å². The maximum absolute atomic E-state index is 12.4. The van der Waals surface area contributed by atoms with Gasteiger partial charge in [-0.25, -0.2) is 4.79 Å². The molecule has 0 aromatic heterocycles. The van der Waals surface area contributed by atoms with Crippen molar-refractivity contribution in [3.05, 3.63) is 35.9 Å². The van der Waals surface area contributed by atoms with Gasteiger partial charge in [0.2, 0.25) is 0 Å². The molecule has 1 amide bonds. The van der Waals surface area contributed by atoms with Crippen molar-refractivity contribution in [2.75, 3.05) is 47.5 Å².